The van der Waals surface area contributed by atoms with Crippen LogP contribution in [-0.2, 0) is 11.3 Å². The van der Waals surface area contributed by atoms with Crippen molar-refractivity contribution in [1.29, 1.82) is 0 Å². The van der Waals surface area contributed by atoms with Crippen LogP contribution < -0.4 is 5.32 Å². The average molecular weight is 378 g/mol. The number of nitrogens with zero attached hydrogens (tertiary/aromatic N) is 2. The summed E-state index contributed by atoms with van der Waals surface area (Å²) < 4.78 is 18.4. The predicted molar refractivity (Wildman–Crippen MR) is 93.7 cm³/mol. The van der Waals surface area contributed by atoms with Gasteiger partial charge in [0.15, 0.2) is 0 Å². The molecule has 8 heteroatoms. The van der Waals surface area contributed by atoms with Crippen molar-refractivity contribution < 1.29 is 13.6 Å². The van der Waals surface area contributed by atoms with Gasteiger partial charge in [-0.25, -0.2) is 4.39 Å². The number of amides is 1. The highest BCUT2D eigenvalue weighted by Gasteiger charge is 2.11. The Morgan fingerprint density at radius 1 is 1.20 bits per heavy atom. The van der Waals surface area contributed by atoms with Crippen LogP contribution in [0.3, 0.4) is 0 Å². The summed E-state index contributed by atoms with van der Waals surface area (Å²) in [6.45, 7) is 0.393. The number of thioether (sulfide) groups is 1. The number of benzene rings is 2. The van der Waals surface area contributed by atoms with Gasteiger partial charge in [0.2, 0.25) is 11.8 Å². The molecule has 128 valence electrons. The van der Waals surface area contributed by atoms with Gasteiger partial charge < -0.3 is 9.73 Å². The highest BCUT2D eigenvalue weighted by molar-refractivity contribution is 7.99. The molecule has 0 saturated carbocycles. The monoisotopic (exact) mass is 377 g/mol. The summed E-state index contributed by atoms with van der Waals surface area (Å²) in [6, 6.07) is 13.0. The van der Waals surface area contributed by atoms with Crippen LogP contribution >= 0.6 is 23.4 Å². The molecule has 25 heavy (non-hydrogen) atoms. The van der Waals surface area contributed by atoms with E-state index >= 15 is 0 Å². The molecule has 5 nitrogen and oxygen atoms in total. The van der Waals surface area contributed by atoms with Gasteiger partial charge in [-0.05, 0) is 42.0 Å². The lowest BCUT2D eigenvalue weighted by Crippen LogP contribution is -2.24. The minimum absolute atomic E-state index is 0.144. The van der Waals surface area contributed by atoms with E-state index in [1.807, 2.05) is 12.1 Å². The number of hydrogen-bond acceptors (Lipinski definition) is 5. The van der Waals surface area contributed by atoms with Crippen molar-refractivity contribution >= 4 is 29.3 Å². The quantitative estimate of drug-likeness (QED) is 0.659. The maximum Gasteiger partial charge on any atom is 0.277 e. The van der Waals surface area contributed by atoms with Crippen molar-refractivity contribution in [2.24, 2.45) is 0 Å². The van der Waals surface area contributed by atoms with Crippen molar-refractivity contribution in [2.75, 3.05) is 5.75 Å². The topological polar surface area (TPSA) is 68.0 Å². The molecule has 0 radical (unpaired) electrons. The number of carbonyl (C=O) groups excluding carboxylic acids is 1. The maximum absolute atomic E-state index is 12.9. The molecule has 2 aromatic carbocycles. The zero-order valence-corrected chi connectivity index (χ0v) is 14.5. The largest absolute Gasteiger partial charge is 0.411 e. The SMILES string of the molecule is O=C(CSc1nnc(-c2ccc(F)cc2)o1)NCc1cccc(Cl)c1. The van der Waals surface area contributed by atoms with E-state index in [9.17, 15) is 9.18 Å². The number of halogens is 2. The highest BCUT2D eigenvalue weighted by atomic mass is 35.5. The van der Waals surface area contributed by atoms with Crippen molar-refractivity contribution in [3.05, 3.63) is 64.9 Å². The summed E-state index contributed by atoms with van der Waals surface area (Å²) >= 11 is 7.03. The smallest absolute Gasteiger partial charge is 0.277 e. The summed E-state index contributed by atoms with van der Waals surface area (Å²) in [5.41, 5.74) is 1.54. The number of nitrogens with one attached hydrogen (secondary N) is 1. The van der Waals surface area contributed by atoms with Crippen molar-refractivity contribution in [1.82, 2.24) is 15.5 Å². The Bertz CT molecular complexity index is 870. The Hall–Kier alpha value is -2.38. The minimum atomic E-state index is -0.339. The molecule has 1 aromatic heterocycles. The minimum Gasteiger partial charge on any atom is -0.411 e. The second-order valence-corrected chi connectivity index (χ2v) is 6.44. The van der Waals surface area contributed by atoms with E-state index in [0.29, 0.717) is 17.1 Å². The molecule has 0 aliphatic heterocycles. The van der Waals surface area contributed by atoms with Gasteiger partial charge in [-0.1, -0.05) is 35.5 Å². The van der Waals surface area contributed by atoms with E-state index in [-0.39, 0.29) is 28.6 Å². The molecule has 0 saturated heterocycles. The second kappa shape index (κ2) is 8.13. The van der Waals surface area contributed by atoms with Gasteiger partial charge in [0.05, 0.1) is 5.75 Å². The molecule has 0 fully saturated rings. The predicted octanol–water partition coefficient (Wildman–Crippen LogP) is 3.94. The molecule has 0 spiro atoms. The third-order valence-corrected chi connectivity index (χ3v) is 4.26. The van der Waals surface area contributed by atoms with Gasteiger partial charge in [-0.15, -0.1) is 10.2 Å². The van der Waals surface area contributed by atoms with Crippen molar-refractivity contribution in [3.8, 4) is 11.5 Å². The van der Waals surface area contributed by atoms with Gasteiger partial charge in [0.25, 0.3) is 5.22 Å². The summed E-state index contributed by atoms with van der Waals surface area (Å²) in [5, 5.41) is 11.5. The van der Waals surface area contributed by atoms with Crippen LogP contribution in [0.5, 0.6) is 0 Å². The highest BCUT2D eigenvalue weighted by Crippen LogP contribution is 2.23. The Kier molecular flexibility index (Phi) is 5.67. The molecular formula is C17H13ClFN3O2S. The van der Waals surface area contributed by atoms with Crippen LogP contribution in [0.4, 0.5) is 4.39 Å². The van der Waals surface area contributed by atoms with Crippen LogP contribution in [0.1, 0.15) is 5.56 Å². The Morgan fingerprint density at radius 2 is 2.00 bits per heavy atom. The standard InChI is InChI=1S/C17H13ClFN3O2S/c18-13-3-1-2-11(8-13)9-20-15(23)10-25-17-22-21-16(24-17)12-4-6-14(19)7-5-12/h1-8H,9-10H2,(H,20,23). The van der Waals surface area contributed by atoms with Gasteiger partial charge in [0, 0.05) is 17.1 Å². The van der Waals surface area contributed by atoms with Crippen LogP contribution in [0.2, 0.25) is 5.02 Å². The molecule has 0 bridgehead atoms. The summed E-state index contributed by atoms with van der Waals surface area (Å²) in [5.74, 6) is -0.0754. The fourth-order valence-electron chi connectivity index (χ4n) is 2.00. The number of aromatic nitrogens is 2. The van der Waals surface area contributed by atoms with Gasteiger partial charge >= 0.3 is 0 Å². The summed E-state index contributed by atoms with van der Waals surface area (Å²) in [6.07, 6.45) is 0. The summed E-state index contributed by atoms with van der Waals surface area (Å²) in [4.78, 5) is 11.9. The zero-order valence-electron chi connectivity index (χ0n) is 12.9. The summed E-state index contributed by atoms with van der Waals surface area (Å²) in [7, 11) is 0. The lowest BCUT2D eigenvalue weighted by atomic mass is 10.2. The molecule has 0 atom stereocenters. The molecule has 3 aromatic rings. The van der Waals surface area contributed by atoms with E-state index in [2.05, 4.69) is 15.5 Å². The Morgan fingerprint density at radius 3 is 2.76 bits per heavy atom. The van der Waals surface area contributed by atoms with Gasteiger partial charge in [-0.2, -0.15) is 0 Å². The first-order valence-electron chi connectivity index (χ1n) is 7.33. The Labute approximate surface area is 152 Å². The first kappa shape index (κ1) is 17.4. The van der Waals surface area contributed by atoms with Gasteiger partial charge in [-0.3, -0.25) is 4.79 Å². The van der Waals surface area contributed by atoms with Crippen molar-refractivity contribution in [3.63, 3.8) is 0 Å². The lowest BCUT2D eigenvalue weighted by molar-refractivity contribution is -0.118. The maximum atomic E-state index is 12.9. The van der Waals surface area contributed by atoms with Crippen LogP contribution in [-0.4, -0.2) is 21.9 Å². The molecule has 0 unspecified atom stereocenters. The number of rotatable bonds is 6. The van der Waals surface area contributed by atoms with E-state index < -0.39 is 0 Å². The first-order valence-corrected chi connectivity index (χ1v) is 8.70. The first-order chi connectivity index (χ1) is 12.1. The molecular weight excluding hydrogens is 365 g/mol. The van der Waals surface area contributed by atoms with Crippen LogP contribution in [0.25, 0.3) is 11.5 Å². The normalized spacial score (nSPS) is 10.6. The zero-order chi connectivity index (χ0) is 17.6. The van der Waals surface area contributed by atoms with E-state index in [0.717, 1.165) is 17.3 Å². The Balaban J connectivity index is 1.50. The number of carbonyl (C=O) groups is 1. The fourth-order valence-corrected chi connectivity index (χ4v) is 2.81. The van der Waals surface area contributed by atoms with E-state index in [4.69, 9.17) is 16.0 Å². The molecule has 3 rings (SSSR count). The molecule has 0 aliphatic carbocycles. The molecule has 1 heterocycles. The van der Waals surface area contributed by atoms with Crippen molar-refractivity contribution in [2.45, 2.75) is 11.8 Å². The number of hydrogen-bond donors (Lipinski definition) is 1. The third-order valence-electron chi connectivity index (χ3n) is 3.20. The second-order valence-electron chi connectivity index (χ2n) is 5.08. The fraction of sp³-hybridized carbons (Fsp3) is 0.118. The average Bonchev–Trinajstić information content (AvgIpc) is 3.08. The third kappa shape index (κ3) is 5.04. The van der Waals surface area contributed by atoms with Gasteiger partial charge in [0.1, 0.15) is 5.82 Å². The lowest BCUT2D eigenvalue weighted by Gasteiger charge is -2.04. The van der Waals surface area contributed by atoms with Crippen LogP contribution in [0, 0.1) is 5.82 Å². The van der Waals surface area contributed by atoms with E-state index in [1.54, 1.807) is 24.3 Å². The van der Waals surface area contributed by atoms with E-state index in [1.165, 1.54) is 12.1 Å². The molecule has 1 amide bonds. The molecule has 1 N–H and O–H groups in total. The molecule has 0 aliphatic rings. The van der Waals surface area contributed by atoms with Crippen LogP contribution in [0.15, 0.2) is 58.2 Å².